The van der Waals surface area contributed by atoms with E-state index in [0.717, 1.165) is 6.42 Å². The van der Waals surface area contributed by atoms with Gasteiger partial charge in [-0.1, -0.05) is 39.5 Å². The van der Waals surface area contributed by atoms with E-state index in [0.29, 0.717) is 12.1 Å². The third kappa shape index (κ3) is 8.52. The van der Waals surface area contributed by atoms with Crippen molar-refractivity contribution >= 4 is 0 Å². The van der Waals surface area contributed by atoms with Crippen molar-refractivity contribution < 1.29 is 0 Å². The van der Waals surface area contributed by atoms with Crippen LogP contribution in [0.1, 0.15) is 65.2 Å². The Bertz CT molecular complexity index is 106. The monoisotopic (exact) mass is 200 g/mol. The lowest BCUT2D eigenvalue weighted by atomic mass is 9.97. The van der Waals surface area contributed by atoms with E-state index in [1.54, 1.807) is 0 Å². The van der Waals surface area contributed by atoms with Gasteiger partial charge in [0.2, 0.25) is 0 Å². The van der Waals surface area contributed by atoms with Crippen molar-refractivity contribution in [3.8, 4) is 0 Å². The highest BCUT2D eigenvalue weighted by molar-refractivity contribution is 4.66. The van der Waals surface area contributed by atoms with Gasteiger partial charge < -0.3 is 11.5 Å². The van der Waals surface area contributed by atoms with Gasteiger partial charge in [-0.2, -0.15) is 0 Å². The summed E-state index contributed by atoms with van der Waals surface area (Å²) in [5, 5.41) is 0. The molecule has 0 spiro atoms. The summed E-state index contributed by atoms with van der Waals surface area (Å²) >= 11 is 0. The van der Waals surface area contributed by atoms with Crippen molar-refractivity contribution in [2.24, 2.45) is 11.5 Å². The lowest BCUT2D eigenvalue weighted by molar-refractivity contribution is 0.441. The lowest BCUT2D eigenvalue weighted by Gasteiger charge is -2.15. The molecule has 1 atom stereocenters. The van der Waals surface area contributed by atoms with Crippen molar-refractivity contribution in [1.82, 2.24) is 0 Å². The van der Waals surface area contributed by atoms with E-state index >= 15 is 0 Å². The van der Waals surface area contributed by atoms with Crippen LogP contribution in [0.4, 0.5) is 0 Å². The average molecular weight is 200 g/mol. The molecule has 1 fully saturated rings. The van der Waals surface area contributed by atoms with Crippen LogP contribution in [0.5, 0.6) is 0 Å². The van der Waals surface area contributed by atoms with E-state index < -0.39 is 0 Å². The van der Waals surface area contributed by atoms with Crippen molar-refractivity contribution in [2.45, 2.75) is 77.3 Å². The smallest absolute Gasteiger partial charge is 0.00388 e. The molecule has 0 aromatic rings. The van der Waals surface area contributed by atoms with Crippen LogP contribution < -0.4 is 11.5 Å². The van der Waals surface area contributed by atoms with Crippen LogP contribution in [0.2, 0.25) is 0 Å². The topological polar surface area (TPSA) is 52.0 Å². The van der Waals surface area contributed by atoms with Gasteiger partial charge >= 0.3 is 0 Å². The summed E-state index contributed by atoms with van der Waals surface area (Å²) in [6, 6.07) is 0.985. The SMILES string of the molecule is CCCC(N)CC.NC1CCCCC1. The van der Waals surface area contributed by atoms with Crippen LogP contribution in [-0.4, -0.2) is 12.1 Å². The third-order valence-corrected chi connectivity index (χ3v) is 2.83. The Balaban J connectivity index is 0.000000241. The molecule has 86 valence electrons. The Morgan fingerprint density at radius 2 is 1.71 bits per heavy atom. The second kappa shape index (κ2) is 9.47. The molecule has 0 radical (unpaired) electrons. The molecule has 2 heteroatoms. The van der Waals surface area contributed by atoms with Crippen LogP contribution in [-0.2, 0) is 0 Å². The van der Waals surface area contributed by atoms with E-state index in [2.05, 4.69) is 13.8 Å². The maximum atomic E-state index is 5.63. The van der Waals surface area contributed by atoms with Crippen LogP contribution in [0, 0.1) is 0 Å². The predicted molar refractivity (Wildman–Crippen MR) is 64.2 cm³/mol. The minimum absolute atomic E-state index is 0.449. The van der Waals surface area contributed by atoms with Gasteiger partial charge in [0.15, 0.2) is 0 Å². The number of rotatable bonds is 3. The molecule has 1 aliphatic carbocycles. The molecule has 1 saturated carbocycles. The van der Waals surface area contributed by atoms with Crippen molar-refractivity contribution in [3.63, 3.8) is 0 Å². The van der Waals surface area contributed by atoms with E-state index in [1.807, 2.05) is 0 Å². The maximum Gasteiger partial charge on any atom is 0.00388 e. The molecular formula is C12H28N2. The van der Waals surface area contributed by atoms with Crippen LogP contribution >= 0.6 is 0 Å². The van der Waals surface area contributed by atoms with E-state index in [-0.39, 0.29) is 0 Å². The third-order valence-electron chi connectivity index (χ3n) is 2.83. The number of hydrogen-bond donors (Lipinski definition) is 2. The van der Waals surface area contributed by atoms with Gasteiger partial charge in [-0.05, 0) is 25.7 Å². The normalized spacial score (nSPS) is 19.7. The van der Waals surface area contributed by atoms with Gasteiger partial charge in [0.1, 0.15) is 0 Å². The molecule has 0 aromatic carbocycles. The second-order valence-corrected chi connectivity index (χ2v) is 4.36. The fraction of sp³-hybridized carbons (Fsp3) is 1.00. The van der Waals surface area contributed by atoms with Crippen molar-refractivity contribution in [3.05, 3.63) is 0 Å². The first-order chi connectivity index (χ1) is 6.70. The molecule has 1 rings (SSSR count). The molecular weight excluding hydrogens is 172 g/mol. The van der Waals surface area contributed by atoms with Gasteiger partial charge in [0.25, 0.3) is 0 Å². The molecule has 2 nitrogen and oxygen atoms in total. The highest BCUT2D eigenvalue weighted by Crippen LogP contribution is 2.14. The average Bonchev–Trinajstić information content (AvgIpc) is 2.20. The van der Waals surface area contributed by atoms with Crippen LogP contribution in [0.3, 0.4) is 0 Å². The summed E-state index contributed by atoms with van der Waals surface area (Å²) in [7, 11) is 0. The first kappa shape index (κ1) is 13.9. The minimum atomic E-state index is 0.449. The first-order valence-electron chi connectivity index (χ1n) is 6.21. The highest BCUT2D eigenvalue weighted by atomic mass is 14.6. The molecule has 0 aromatic heterocycles. The predicted octanol–water partition coefficient (Wildman–Crippen LogP) is 2.80. The molecule has 14 heavy (non-hydrogen) atoms. The standard InChI is InChI=1S/C6H13N.C6H15N/c7-6-4-2-1-3-5-6;1-3-5-6(7)4-2/h6H,1-5,7H2;6H,3-5,7H2,1-2H3. The zero-order valence-corrected chi connectivity index (χ0v) is 9.97. The lowest BCUT2D eigenvalue weighted by Crippen LogP contribution is -2.22. The molecule has 0 saturated heterocycles. The molecule has 4 N–H and O–H groups in total. The Kier molecular flexibility index (Phi) is 9.42. The Morgan fingerprint density at radius 1 is 1.14 bits per heavy atom. The summed E-state index contributed by atoms with van der Waals surface area (Å²) in [6.45, 7) is 4.29. The second-order valence-electron chi connectivity index (χ2n) is 4.36. The minimum Gasteiger partial charge on any atom is -0.328 e. The van der Waals surface area contributed by atoms with Gasteiger partial charge in [-0.25, -0.2) is 0 Å². The van der Waals surface area contributed by atoms with Crippen molar-refractivity contribution in [2.75, 3.05) is 0 Å². The zero-order chi connectivity index (χ0) is 10.8. The van der Waals surface area contributed by atoms with Crippen molar-refractivity contribution in [1.29, 1.82) is 0 Å². The van der Waals surface area contributed by atoms with E-state index in [1.165, 1.54) is 44.9 Å². The fourth-order valence-corrected chi connectivity index (χ4v) is 1.71. The van der Waals surface area contributed by atoms with Gasteiger partial charge in [-0.3, -0.25) is 0 Å². The Labute approximate surface area is 89.4 Å². The van der Waals surface area contributed by atoms with Gasteiger partial charge in [0, 0.05) is 12.1 Å². The first-order valence-corrected chi connectivity index (χ1v) is 6.21. The molecule has 0 aliphatic heterocycles. The van der Waals surface area contributed by atoms with Gasteiger partial charge in [0.05, 0.1) is 0 Å². The molecule has 1 unspecified atom stereocenters. The van der Waals surface area contributed by atoms with Crippen LogP contribution in [0.25, 0.3) is 0 Å². The number of hydrogen-bond acceptors (Lipinski definition) is 2. The summed E-state index contributed by atoms with van der Waals surface area (Å²) in [5.41, 5.74) is 11.2. The Morgan fingerprint density at radius 3 is 1.93 bits per heavy atom. The summed E-state index contributed by atoms with van der Waals surface area (Å²) in [4.78, 5) is 0. The van der Waals surface area contributed by atoms with Crippen LogP contribution in [0.15, 0.2) is 0 Å². The molecule has 1 aliphatic rings. The quantitative estimate of drug-likeness (QED) is 0.736. The fourth-order valence-electron chi connectivity index (χ4n) is 1.71. The number of nitrogens with two attached hydrogens (primary N) is 2. The van der Waals surface area contributed by atoms with E-state index in [9.17, 15) is 0 Å². The van der Waals surface area contributed by atoms with Gasteiger partial charge in [-0.15, -0.1) is 0 Å². The highest BCUT2D eigenvalue weighted by Gasteiger charge is 2.06. The largest absolute Gasteiger partial charge is 0.328 e. The molecule has 0 bridgehead atoms. The summed E-state index contributed by atoms with van der Waals surface area (Å²) in [6.07, 6.45) is 10.2. The summed E-state index contributed by atoms with van der Waals surface area (Å²) in [5.74, 6) is 0. The van der Waals surface area contributed by atoms with E-state index in [4.69, 9.17) is 11.5 Å². The maximum absolute atomic E-state index is 5.63. The molecule has 0 amide bonds. The summed E-state index contributed by atoms with van der Waals surface area (Å²) < 4.78 is 0. The Hall–Kier alpha value is -0.0800. The molecule has 0 heterocycles. The zero-order valence-electron chi connectivity index (χ0n) is 9.97.